The number of alkyl halides is 1. The summed E-state index contributed by atoms with van der Waals surface area (Å²) in [6, 6.07) is 0.0173. The number of nitrogens with two attached hydrogens (primary N) is 1. The van der Waals surface area contributed by atoms with Gasteiger partial charge >= 0.3 is 6.01 Å². The summed E-state index contributed by atoms with van der Waals surface area (Å²) < 4.78 is 33.3. The zero-order chi connectivity index (χ0) is 16.0. The maximum absolute atomic E-state index is 13.8. The highest BCUT2D eigenvalue weighted by atomic mass is 19.1. The molecule has 4 heterocycles. The van der Waals surface area contributed by atoms with Crippen LogP contribution < -0.4 is 10.5 Å². The Morgan fingerprint density at radius 2 is 2.26 bits per heavy atom. The third-order valence-corrected chi connectivity index (χ3v) is 4.80. The van der Waals surface area contributed by atoms with Gasteiger partial charge in [-0.1, -0.05) is 0 Å². The highest BCUT2D eigenvalue weighted by Gasteiger charge is 2.49. The quantitative estimate of drug-likeness (QED) is 0.927. The second-order valence-electron chi connectivity index (χ2n) is 6.27. The van der Waals surface area contributed by atoms with E-state index in [4.69, 9.17) is 10.5 Å². The summed E-state index contributed by atoms with van der Waals surface area (Å²) in [5.41, 5.74) is 5.61. The van der Waals surface area contributed by atoms with Gasteiger partial charge in [-0.25, -0.2) is 8.78 Å². The molecule has 0 spiro atoms. The van der Waals surface area contributed by atoms with E-state index < -0.39 is 12.0 Å². The second-order valence-corrected chi connectivity index (χ2v) is 6.27. The van der Waals surface area contributed by atoms with Crippen molar-refractivity contribution in [3.8, 4) is 6.01 Å². The number of halogens is 2. The molecule has 0 unspecified atom stereocenters. The van der Waals surface area contributed by atoms with Crippen LogP contribution >= 0.6 is 0 Å². The molecule has 2 saturated heterocycles. The van der Waals surface area contributed by atoms with Gasteiger partial charge in [-0.05, 0) is 19.4 Å². The Bertz CT molecular complexity index is 758. The molecule has 0 aliphatic carbocycles. The maximum atomic E-state index is 13.8. The fraction of sp³-hybridized carbons (Fsp3) is 0.533. The zero-order valence-electron chi connectivity index (χ0n) is 12.5. The van der Waals surface area contributed by atoms with Crippen molar-refractivity contribution < 1.29 is 13.5 Å². The lowest BCUT2D eigenvalue weighted by Crippen LogP contribution is -2.43. The Labute approximate surface area is 131 Å². The minimum absolute atomic E-state index is 0.0173. The number of ether oxygens (including phenoxy) is 1. The Morgan fingerprint density at radius 1 is 1.39 bits per heavy atom. The Kier molecular flexibility index (Phi) is 3.29. The number of anilines is 1. The lowest BCUT2D eigenvalue weighted by molar-refractivity contribution is 0.107. The molecule has 0 bridgehead atoms. The molecule has 122 valence electrons. The van der Waals surface area contributed by atoms with Crippen molar-refractivity contribution in [3.63, 3.8) is 0 Å². The first kappa shape index (κ1) is 14.5. The van der Waals surface area contributed by atoms with E-state index in [9.17, 15) is 8.78 Å². The first-order valence-corrected chi connectivity index (χ1v) is 7.66. The van der Waals surface area contributed by atoms with Crippen molar-refractivity contribution in [1.29, 1.82) is 0 Å². The lowest BCUT2D eigenvalue weighted by Gasteiger charge is -2.30. The van der Waals surface area contributed by atoms with Crippen LogP contribution in [0.15, 0.2) is 12.4 Å². The average molecular weight is 321 g/mol. The standard InChI is InChI=1S/C15H17F2N5O/c16-9-4-15(2-1-3-22(15)7-9)8-23-14-20-12-10(13(18)21-14)5-19-6-11(12)17/h5-6,9H,1-4,7-8H2,(H2,18,20,21)/t9-,15+/m1/s1. The van der Waals surface area contributed by atoms with E-state index >= 15 is 0 Å². The SMILES string of the molecule is Nc1nc(OC[C@@]23CCCN2C[C@H](F)C3)nc2c(F)cncc12. The van der Waals surface area contributed by atoms with Crippen LogP contribution in [-0.4, -0.2) is 51.3 Å². The monoisotopic (exact) mass is 321 g/mol. The highest BCUT2D eigenvalue weighted by molar-refractivity contribution is 5.87. The molecule has 0 amide bonds. The number of fused-ring (bicyclic) bond motifs is 2. The van der Waals surface area contributed by atoms with E-state index in [0.717, 1.165) is 25.6 Å². The van der Waals surface area contributed by atoms with Gasteiger partial charge in [0.25, 0.3) is 0 Å². The number of hydrogen-bond acceptors (Lipinski definition) is 6. The fourth-order valence-electron chi connectivity index (χ4n) is 3.73. The van der Waals surface area contributed by atoms with Crippen molar-refractivity contribution in [2.24, 2.45) is 0 Å². The van der Waals surface area contributed by atoms with E-state index in [1.807, 2.05) is 0 Å². The Morgan fingerprint density at radius 3 is 3.13 bits per heavy atom. The topological polar surface area (TPSA) is 77.2 Å². The summed E-state index contributed by atoms with van der Waals surface area (Å²) in [6.07, 6.45) is 4.02. The number of nitrogen functional groups attached to an aromatic ring is 1. The molecule has 23 heavy (non-hydrogen) atoms. The van der Waals surface area contributed by atoms with Crippen molar-refractivity contribution in [2.45, 2.75) is 31.0 Å². The van der Waals surface area contributed by atoms with Gasteiger partial charge in [0.1, 0.15) is 24.1 Å². The molecule has 0 aromatic carbocycles. The summed E-state index contributed by atoms with van der Waals surface area (Å²) in [5, 5.41) is 0.350. The summed E-state index contributed by atoms with van der Waals surface area (Å²) >= 11 is 0. The van der Waals surface area contributed by atoms with E-state index in [2.05, 4.69) is 19.9 Å². The van der Waals surface area contributed by atoms with Crippen LogP contribution in [-0.2, 0) is 0 Å². The molecular formula is C15H17F2N5O. The van der Waals surface area contributed by atoms with Crippen LogP contribution in [0.4, 0.5) is 14.6 Å². The van der Waals surface area contributed by atoms with Crippen LogP contribution in [0, 0.1) is 5.82 Å². The van der Waals surface area contributed by atoms with Crippen molar-refractivity contribution >= 4 is 16.7 Å². The number of nitrogens with zero attached hydrogens (tertiary/aromatic N) is 4. The number of rotatable bonds is 3. The second kappa shape index (κ2) is 5.23. The third kappa shape index (κ3) is 2.37. The Balaban J connectivity index is 1.60. The molecular weight excluding hydrogens is 304 g/mol. The van der Waals surface area contributed by atoms with Gasteiger partial charge in [0, 0.05) is 19.2 Å². The predicted octanol–water partition coefficient (Wildman–Crippen LogP) is 1.70. The Hall–Kier alpha value is -2.09. The summed E-state index contributed by atoms with van der Waals surface area (Å²) in [7, 11) is 0. The molecule has 2 atom stereocenters. The minimum Gasteiger partial charge on any atom is -0.461 e. The molecule has 2 N–H and O–H groups in total. The zero-order valence-corrected chi connectivity index (χ0v) is 12.5. The van der Waals surface area contributed by atoms with E-state index in [1.165, 1.54) is 6.20 Å². The van der Waals surface area contributed by atoms with E-state index in [-0.39, 0.29) is 29.5 Å². The van der Waals surface area contributed by atoms with Gasteiger partial charge in [-0.3, -0.25) is 9.88 Å². The van der Waals surface area contributed by atoms with Gasteiger partial charge in [-0.15, -0.1) is 0 Å². The van der Waals surface area contributed by atoms with Gasteiger partial charge in [0.05, 0.1) is 17.1 Å². The van der Waals surface area contributed by atoms with E-state index in [0.29, 0.717) is 18.4 Å². The molecule has 0 saturated carbocycles. The molecule has 2 aliphatic rings. The molecule has 8 heteroatoms. The molecule has 4 rings (SSSR count). The number of hydrogen-bond donors (Lipinski definition) is 1. The molecule has 2 aliphatic heterocycles. The molecule has 6 nitrogen and oxygen atoms in total. The first-order valence-electron chi connectivity index (χ1n) is 7.66. The summed E-state index contributed by atoms with van der Waals surface area (Å²) in [5.74, 6) is -0.459. The van der Waals surface area contributed by atoms with Gasteiger partial charge in [0.2, 0.25) is 0 Å². The van der Waals surface area contributed by atoms with Crippen LogP contribution in [0.3, 0.4) is 0 Å². The minimum atomic E-state index is -0.829. The number of pyridine rings is 1. The van der Waals surface area contributed by atoms with Crippen LogP contribution in [0.25, 0.3) is 10.9 Å². The van der Waals surface area contributed by atoms with Crippen LogP contribution in [0.5, 0.6) is 6.01 Å². The van der Waals surface area contributed by atoms with Crippen LogP contribution in [0.2, 0.25) is 0 Å². The first-order chi connectivity index (χ1) is 11.1. The molecule has 2 aromatic rings. The fourth-order valence-corrected chi connectivity index (χ4v) is 3.73. The van der Waals surface area contributed by atoms with Crippen molar-refractivity contribution in [1.82, 2.24) is 19.9 Å². The van der Waals surface area contributed by atoms with Gasteiger partial charge < -0.3 is 10.5 Å². The smallest absolute Gasteiger partial charge is 0.319 e. The van der Waals surface area contributed by atoms with Crippen molar-refractivity contribution in [3.05, 3.63) is 18.2 Å². The largest absolute Gasteiger partial charge is 0.461 e. The van der Waals surface area contributed by atoms with E-state index in [1.54, 1.807) is 0 Å². The lowest BCUT2D eigenvalue weighted by atomic mass is 9.95. The molecule has 0 radical (unpaired) electrons. The summed E-state index contributed by atoms with van der Waals surface area (Å²) in [6.45, 7) is 1.61. The number of aromatic nitrogens is 3. The van der Waals surface area contributed by atoms with Crippen LogP contribution in [0.1, 0.15) is 19.3 Å². The maximum Gasteiger partial charge on any atom is 0.319 e. The predicted molar refractivity (Wildman–Crippen MR) is 80.2 cm³/mol. The average Bonchev–Trinajstić information content (AvgIpc) is 3.02. The third-order valence-electron chi connectivity index (χ3n) is 4.80. The van der Waals surface area contributed by atoms with Gasteiger partial charge in [0.15, 0.2) is 5.82 Å². The summed E-state index contributed by atoms with van der Waals surface area (Å²) in [4.78, 5) is 14.0. The normalized spacial score (nSPS) is 27.5. The molecule has 2 fully saturated rings. The van der Waals surface area contributed by atoms with Gasteiger partial charge in [-0.2, -0.15) is 9.97 Å². The highest BCUT2D eigenvalue weighted by Crippen LogP contribution is 2.40. The molecule has 2 aromatic heterocycles. The van der Waals surface area contributed by atoms with Crippen molar-refractivity contribution in [2.75, 3.05) is 25.4 Å².